The minimum Gasteiger partial charge on any atom is -0.497 e. The SMILES string of the molecule is COc1ccc(OC)c(-n2nnnc2SCCCn2cnc3c(N)ncnc32)c1. The first-order valence-corrected chi connectivity index (χ1v) is 9.74. The number of hydrogen-bond donors (Lipinski definition) is 1. The molecule has 150 valence electrons. The van der Waals surface area contributed by atoms with Crippen LogP contribution < -0.4 is 15.2 Å². The van der Waals surface area contributed by atoms with E-state index < -0.39 is 0 Å². The maximum Gasteiger partial charge on any atom is 0.214 e. The Bertz CT molecular complexity index is 1130. The summed E-state index contributed by atoms with van der Waals surface area (Å²) in [7, 11) is 3.22. The molecule has 0 saturated heterocycles. The van der Waals surface area contributed by atoms with Gasteiger partial charge in [0.15, 0.2) is 11.5 Å². The molecule has 0 unspecified atom stereocenters. The Hall–Kier alpha value is -3.41. The van der Waals surface area contributed by atoms with Gasteiger partial charge in [-0.1, -0.05) is 11.8 Å². The number of imidazole rings is 1. The summed E-state index contributed by atoms with van der Waals surface area (Å²) < 4.78 is 14.3. The molecule has 12 heteroatoms. The number of hydrogen-bond acceptors (Lipinski definition) is 10. The number of anilines is 1. The van der Waals surface area contributed by atoms with Gasteiger partial charge in [0.25, 0.3) is 0 Å². The molecule has 0 aliphatic carbocycles. The van der Waals surface area contributed by atoms with Crippen molar-refractivity contribution in [3.05, 3.63) is 30.9 Å². The molecule has 1 aromatic carbocycles. The van der Waals surface area contributed by atoms with Gasteiger partial charge in [-0.05, 0) is 29.0 Å². The van der Waals surface area contributed by atoms with Crippen molar-refractivity contribution in [3.8, 4) is 17.2 Å². The van der Waals surface area contributed by atoms with E-state index in [1.807, 2.05) is 22.8 Å². The zero-order valence-electron chi connectivity index (χ0n) is 15.9. The average Bonchev–Trinajstić information content (AvgIpc) is 3.38. The van der Waals surface area contributed by atoms with E-state index in [1.165, 1.54) is 6.33 Å². The summed E-state index contributed by atoms with van der Waals surface area (Å²) in [4.78, 5) is 12.5. The van der Waals surface area contributed by atoms with E-state index in [-0.39, 0.29) is 0 Å². The normalized spacial score (nSPS) is 11.1. The third-order valence-corrected chi connectivity index (χ3v) is 5.26. The van der Waals surface area contributed by atoms with Crippen LogP contribution in [0, 0.1) is 0 Å². The van der Waals surface area contributed by atoms with E-state index >= 15 is 0 Å². The van der Waals surface area contributed by atoms with Gasteiger partial charge in [-0.15, -0.1) is 5.10 Å². The standard InChI is InChI=1S/C17H19N9O2S/c1-27-11-4-5-13(28-2)12(8-11)26-17(22-23-24-26)29-7-3-6-25-10-21-14-15(18)19-9-20-16(14)25/h4-5,8-10H,3,6-7H2,1-2H3,(H2,18,19,20). The molecule has 0 aliphatic rings. The number of ether oxygens (including phenoxy) is 2. The van der Waals surface area contributed by atoms with Gasteiger partial charge in [-0.25, -0.2) is 15.0 Å². The fourth-order valence-electron chi connectivity index (χ4n) is 2.84. The summed E-state index contributed by atoms with van der Waals surface area (Å²) >= 11 is 1.55. The number of thioether (sulfide) groups is 1. The number of nitrogen functional groups attached to an aromatic ring is 1. The Morgan fingerprint density at radius 2 is 2.03 bits per heavy atom. The summed E-state index contributed by atoms with van der Waals surface area (Å²) in [5.41, 5.74) is 7.89. The van der Waals surface area contributed by atoms with Gasteiger partial charge >= 0.3 is 0 Å². The molecule has 0 radical (unpaired) electrons. The van der Waals surface area contributed by atoms with Crippen molar-refractivity contribution in [1.29, 1.82) is 0 Å². The monoisotopic (exact) mass is 413 g/mol. The van der Waals surface area contributed by atoms with Gasteiger partial charge < -0.3 is 19.8 Å². The van der Waals surface area contributed by atoms with Gasteiger partial charge in [-0.2, -0.15) is 4.68 Å². The fourth-order valence-corrected chi connectivity index (χ4v) is 3.65. The van der Waals surface area contributed by atoms with E-state index in [2.05, 4.69) is 30.5 Å². The van der Waals surface area contributed by atoms with Crippen LogP contribution in [0.3, 0.4) is 0 Å². The van der Waals surface area contributed by atoms with Crippen LogP contribution in [-0.4, -0.2) is 59.7 Å². The average molecular weight is 413 g/mol. The van der Waals surface area contributed by atoms with Crippen LogP contribution in [0.25, 0.3) is 16.9 Å². The van der Waals surface area contributed by atoms with Crippen molar-refractivity contribution in [3.63, 3.8) is 0 Å². The second-order valence-corrected chi connectivity index (χ2v) is 7.04. The Morgan fingerprint density at radius 1 is 1.14 bits per heavy atom. The van der Waals surface area contributed by atoms with Crippen LogP contribution in [0.1, 0.15) is 6.42 Å². The largest absolute Gasteiger partial charge is 0.497 e. The number of benzene rings is 1. The van der Waals surface area contributed by atoms with Crippen molar-refractivity contribution in [1.82, 2.24) is 39.7 Å². The number of tetrazole rings is 1. The highest BCUT2D eigenvalue weighted by Crippen LogP contribution is 2.29. The molecule has 29 heavy (non-hydrogen) atoms. The van der Waals surface area contributed by atoms with E-state index in [1.54, 1.807) is 37.0 Å². The Balaban J connectivity index is 1.44. The number of rotatable bonds is 8. The summed E-state index contributed by atoms with van der Waals surface area (Å²) in [5.74, 6) is 2.53. The summed E-state index contributed by atoms with van der Waals surface area (Å²) in [6.07, 6.45) is 4.04. The minimum atomic E-state index is 0.384. The Labute approximate surface area is 170 Å². The van der Waals surface area contributed by atoms with E-state index in [4.69, 9.17) is 15.2 Å². The molecule has 0 fully saturated rings. The molecule has 2 N–H and O–H groups in total. The van der Waals surface area contributed by atoms with Gasteiger partial charge in [0.1, 0.15) is 29.0 Å². The molecule has 0 aliphatic heterocycles. The first-order chi connectivity index (χ1) is 14.2. The highest BCUT2D eigenvalue weighted by atomic mass is 32.2. The van der Waals surface area contributed by atoms with Gasteiger partial charge in [0, 0.05) is 18.4 Å². The number of fused-ring (bicyclic) bond motifs is 1. The lowest BCUT2D eigenvalue weighted by molar-refractivity contribution is 0.399. The Kier molecular flexibility index (Phi) is 5.42. The third-order valence-electron chi connectivity index (χ3n) is 4.26. The molecule has 0 amide bonds. The van der Waals surface area contributed by atoms with Crippen LogP contribution in [-0.2, 0) is 6.54 Å². The number of aryl methyl sites for hydroxylation is 1. The summed E-state index contributed by atoms with van der Waals surface area (Å²) in [5, 5.41) is 12.7. The quantitative estimate of drug-likeness (QED) is 0.335. The summed E-state index contributed by atoms with van der Waals surface area (Å²) in [6, 6.07) is 5.48. The second-order valence-electron chi connectivity index (χ2n) is 5.98. The maximum atomic E-state index is 5.83. The smallest absolute Gasteiger partial charge is 0.214 e. The van der Waals surface area contributed by atoms with Crippen molar-refractivity contribution < 1.29 is 9.47 Å². The van der Waals surface area contributed by atoms with E-state index in [9.17, 15) is 0 Å². The number of methoxy groups -OCH3 is 2. The lowest BCUT2D eigenvalue weighted by Crippen LogP contribution is -2.04. The zero-order valence-corrected chi connectivity index (χ0v) is 16.7. The summed E-state index contributed by atoms with van der Waals surface area (Å²) in [6.45, 7) is 0.740. The first kappa shape index (κ1) is 18.9. The molecular formula is C17H19N9O2S. The predicted molar refractivity (Wildman–Crippen MR) is 107 cm³/mol. The Morgan fingerprint density at radius 3 is 2.86 bits per heavy atom. The minimum absolute atomic E-state index is 0.384. The lowest BCUT2D eigenvalue weighted by atomic mass is 10.3. The highest BCUT2D eigenvalue weighted by Gasteiger charge is 2.15. The molecule has 0 saturated carbocycles. The number of aromatic nitrogens is 8. The zero-order chi connectivity index (χ0) is 20.2. The molecule has 3 heterocycles. The van der Waals surface area contributed by atoms with Gasteiger partial charge in [0.05, 0.1) is 20.5 Å². The van der Waals surface area contributed by atoms with Crippen molar-refractivity contribution in [2.24, 2.45) is 0 Å². The predicted octanol–water partition coefficient (Wildman–Crippen LogP) is 1.58. The third kappa shape index (κ3) is 3.78. The van der Waals surface area contributed by atoms with Crippen LogP contribution in [0.5, 0.6) is 11.5 Å². The van der Waals surface area contributed by atoms with Crippen LogP contribution in [0.15, 0.2) is 36.0 Å². The first-order valence-electron chi connectivity index (χ1n) is 8.76. The second kappa shape index (κ2) is 8.31. The van der Waals surface area contributed by atoms with Gasteiger partial charge in [0.2, 0.25) is 5.16 Å². The van der Waals surface area contributed by atoms with Crippen LogP contribution >= 0.6 is 11.8 Å². The van der Waals surface area contributed by atoms with Crippen molar-refractivity contribution >= 4 is 28.7 Å². The molecule has 0 atom stereocenters. The van der Waals surface area contributed by atoms with E-state index in [0.717, 1.165) is 24.4 Å². The maximum absolute atomic E-state index is 5.83. The van der Waals surface area contributed by atoms with Crippen molar-refractivity contribution in [2.75, 3.05) is 25.7 Å². The molecule has 3 aromatic heterocycles. The lowest BCUT2D eigenvalue weighted by Gasteiger charge is -2.11. The molecule has 4 aromatic rings. The number of nitrogens with zero attached hydrogens (tertiary/aromatic N) is 8. The van der Waals surface area contributed by atoms with Crippen LogP contribution in [0.4, 0.5) is 5.82 Å². The van der Waals surface area contributed by atoms with Crippen LogP contribution in [0.2, 0.25) is 0 Å². The topological polar surface area (TPSA) is 132 Å². The highest BCUT2D eigenvalue weighted by molar-refractivity contribution is 7.99. The number of nitrogens with two attached hydrogens (primary N) is 1. The van der Waals surface area contributed by atoms with Gasteiger partial charge in [-0.3, -0.25) is 0 Å². The molecule has 0 spiro atoms. The molecule has 11 nitrogen and oxygen atoms in total. The molecule has 4 rings (SSSR count). The fraction of sp³-hybridized carbons (Fsp3) is 0.294. The van der Waals surface area contributed by atoms with Crippen molar-refractivity contribution in [2.45, 2.75) is 18.1 Å². The van der Waals surface area contributed by atoms with E-state index in [0.29, 0.717) is 33.7 Å². The molecule has 0 bridgehead atoms. The molecular weight excluding hydrogens is 394 g/mol.